The molecule has 0 unspecified atom stereocenters. The molecule has 8 rings (SSSR count). The van der Waals surface area contributed by atoms with Crippen LogP contribution in [0.3, 0.4) is 0 Å². The Morgan fingerprint density at radius 3 is 1.79 bits per heavy atom. The van der Waals surface area contributed by atoms with Crippen molar-refractivity contribution in [2.45, 2.75) is 30.0 Å². The van der Waals surface area contributed by atoms with Crippen molar-refractivity contribution in [1.82, 2.24) is 4.90 Å². The number of amides is 3. The van der Waals surface area contributed by atoms with Crippen molar-refractivity contribution >= 4 is 46.6 Å². The summed E-state index contributed by atoms with van der Waals surface area (Å²) < 4.78 is 6.00. The predicted molar refractivity (Wildman–Crippen MR) is 166 cm³/mol. The van der Waals surface area contributed by atoms with Crippen LogP contribution in [0.25, 0.3) is 0 Å². The summed E-state index contributed by atoms with van der Waals surface area (Å²) in [7, 11) is 0. The summed E-state index contributed by atoms with van der Waals surface area (Å²) in [5.74, 6) is -1.47. The topological polar surface area (TPSA) is 75.7 Å². The number of carbonyl (C=O) groups excluding carboxylic acids is 3. The molecule has 216 valence electrons. The maximum absolute atomic E-state index is 13.9. The van der Waals surface area contributed by atoms with Crippen molar-refractivity contribution in [3.8, 4) is 11.5 Å². The molecule has 1 heterocycles. The van der Waals surface area contributed by atoms with Crippen LogP contribution in [-0.2, 0) is 24.1 Å². The quantitative estimate of drug-likeness (QED) is 0.188. The zero-order valence-corrected chi connectivity index (χ0v) is 25.1. The Kier molecular flexibility index (Phi) is 6.42. The monoisotopic (exact) mass is 610 g/mol. The Hall–Kier alpha value is -4.13. The van der Waals surface area contributed by atoms with E-state index in [-0.39, 0.29) is 18.9 Å². The largest absolute Gasteiger partial charge is 0.457 e. The summed E-state index contributed by atoms with van der Waals surface area (Å²) in [6, 6.07) is 28.0. The lowest BCUT2D eigenvalue weighted by atomic mass is 9.54. The molecular weight excluding hydrogens is 583 g/mol. The van der Waals surface area contributed by atoms with Gasteiger partial charge in [-0.25, -0.2) is 0 Å². The number of likely N-dealkylation sites (tertiary alicyclic amines) is 1. The lowest BCUT2D eigenvalue weighted by Gasteiger charge is -2.54. The number of rotatable bonds is 6. The molecule has 0 aromatic heterocycles. The fourth-order valence-electron chi connectivity index (χ4n) is 6.95. The number of nitrogens with one attached hydrogen (secondary N) is 1. The highest BCUT2D eigenvalue weighted by molar-refractivity contribution is 6.36. The normalized spacial score (nSPS) is 24.8. The minimum atomic E-state index is -1.24. The molecule has 1 saturated heterocycles. The zero-order chi connectivity index (χ0) is 30.1. The number of anilines is 1. The van der Waals surface area contributed by atoms with Gasteiger partial charge in [0.25, 0.3) is 0 Å². The van der Waals surface area contributed by atoms with Gasteiger partial charge in [-0.15, -0.1) is 23.2 Å². The number of alkyl halides is 2. The third kappa shape index (κ3) is 3.96. The highest BCUT2D eigenvalue weighted by Crippen LogP contribution is 2.69. The van der Waals surface area contributed by atoms with Crippen LogP contribution in [0, 0.1) is 25.7 Å². The molecule has 1 N–H and O–H groups in total. The molecule has 6 nitrogen and oxygen atoms in total. The molecule has 0 saturated carbocycles. The number of hydrogen-bond acceptors (Lipinski definition) is 4. The van der Waals surface area contributed by atoms with Crippen molar-refractivity contribution < 1.29 is 19.1 Å². The second-order valence-corrected chi connectivity index (χ2v) is 12.6. The number of imide groups is 1. The first-order valence-corrected chi connectivity index (χ1v) is 15.0. The molecule has 0 spiro atoms. The van der Waals surface area contributed by atoms with E-state index in [2.05, 4.69) is 5.32 Å². The van der Waals surface area contributed by atoms with Gasteiger partial charge in [0.2, 0.25) is 17.7 Å². The van der Waals surface area contributed by atoms with Crippen molar-refractivity contribution in [2.24, 2.45) is 11.8 Å². The maximum Gasteiger partial charge on any atom is 0.235 e. The van der Waals surface area contributed by atoms with Crippen molar-refractivity contribution in [2.75, 3.05) is 11.9 Å². The number of benzene rings is 4. The number of ether oxygens (including phenoxy) is 1. The van der Waals surface area contributed by atoms with Crippen LogP contribution in [0.15, 0.2) is 91.0 Å². The summed E-state index contributed by atoms with van der Waals surface area (Å²) in [5.41, 5.74) is 5.77. The van der Waals surface area contributed by atoms with Crippen LogP contribution in [0.4, 0.5) is 5.69 Å². The SMILES string of the molecule is Cc1cccc(Oc2ccc(NC(=O)CCN3C(=O)[C@@H]4[C@@H](C3=O)C3(Cl)c5ccccc5C4(Cl)c4ccccc43)cc2)c1C. The second-order valence-electron chi connectivity index (χ2n) is 11.4. The van der Waals surface area contributed by atoms with Crippen LogP contribution in [0.2, 0.25) is 0 Å². The van der Waals surface area contributed by atoms with E-state index in [0.717, 1.165) is 39.1 Å². The predicted octanol–water partition coefficient (Wildman–Crippen LogP) is 7.02. The number of carbonyl (C=O) groups is 3. The van der Waals surface area contributed by atoms with Gasteiger partial charge in [-0.05, 0) is 77.6 Å². The van der Waals surface area contributed by atoms with E-state index in [1.54, 1.807) is 24.3 Å². The molecule has 2 atom stereocenters. The molecule has 0 radical (unpaired) electrons. The van der Waals surface area contributed by atoms with Crippen molar-refractivity contribution in [3.63, 3.8) is 0 Å². The number of nitrogens with zero attached hydrogens (tertiary/aromatic N) is 1. The summed E-state index contributed by atoms with van der Waals surface area (Å²) in [6.07, 6.45) is -0.0673. The van der Waals surface area contributed by atoms with Gasteiger partial charge in [-0.2, -0.15) is 0 Å². The van der Waals surface area contributed by atoms with Gasteiger partial charge in [0.15, 0.2) is 0 Å². The van der Waals surface area contributed by atoms with Crippen molar-refractivity contribution in [3.05, 3.63) is 124 Å². The molecule has 4 aliphatic rings. The Morgan fingerprint density at radius 2 is 1.28 bits per heavy atom. The lowest BCUT2D eigenvalue weighted by Crippen LogP contribution is -2.57. The zero-order valence-electron chi connectivity index (χ0n) is 23.6. The van der Waals surface area contributed by atoms with E-state index in [1.165, 1.54) is 4.90 Å². The van der Waals surface area contributed by atoms with E-state index < -0.39 is 33.4 Å². The average molecular weight is 612 g/mol. The Bertz CT molecular complexity index is 1700. The summed E-state index contributed by atoms with van der Waals surface area (Å²) in [6.45, 7) is 3.96. The van der Waals surface area contributed by atoms with E-state index >= 15 is 0 Å². The van der Waals surface area contributed by atoms with E-state index in [0.29, 0.717) is 11.4 Å². The average Bonchev–Trinajstić information content (AvgIpc) is 3.28. The van der Waals surface area contributed by atoms with Crippen LogP contribution >= 0.6 is 23.2 Å². The summed E-state index contributed by atoms with van der Waals surface area (Å²) >= 11 is 14.9. The summed E-state index contributed by atoms with van der Waals surface area (Å²) in [5, 5.41) is 2.85. The lowest BCUT2D eigenvalue weighted by molar-refractivity contribution is -0.140. The molecule has 4 aromatic carbocycles. The molecule has 1 fully saturated rings. The Morgan fingerprint density at radius 1 is 0.767 bits per heavy atom. The molecule has 3 aliphatic carbocycles. The molecule has 1 aliphatic heterocycles. The smallest absolute Gasteiger partial charge is 0.235 e. The van der Waals surface area contributed by atoms with Crippen molar-refractivity contribution in [1.29, 1.82) is 0 Å². The first-order chi connectivity index (χ1) is 20.7. The van der Waals surface area contributed by atoms with Gasteiger partial charge in [-0.1, -0.05) is 60.7 Å². The highest BCUT2D eigenvalue weighted by atomic mass is 35.5. The molecule has 43 heavy (non-hydrogen) atoms. The van der Waals surface area contributed by atoms with Gasteiger partial charge in [0, 0.05) is 18.7 Å². The summed E-state index contributed by atoms with van der Waals surface area (Å²) in [4.78, 5) is 39.5. The minimum absolute atomic E-state index is 0.0673. The molecule has 4 aromatic rings. The number of aryl methyl sites for hydroxylation is 1. The van der Waals surface area contributed by atoms with E-state index in [1.807, 2.05) is 80.6 Å². The van der Waals surface area contributed by atoms with E-state index in [9.17, 15) is 14.4 Å². The molecular formula is C35H28Cl2N2O4. The second kappa shape index (κ2) is 9.97. The standard InChI is InChI=1S/C35H28Cl2N2O4/c1-20-8-7-13-28(21(20)2)43-23-16-14-22(15-17-23)38-29(40)18-19-39-32(41)30-31(33(39)42)35(37)25-10-4-3-9-24(25)34(30,36)26-11-5-6-12-27(26)35/h3-17,30-31H,18-19H2,1-2H3,(H,38,40)/t30-,31-,34?,35?/m0/s1. The molecule has 3 amide bonds. The van der Waals surface area contributed by atoms with Gasteiger partial charge in [0.05, 0.1) is 11.8 Å². The van der Waals surface area contributed by atoms with Gasteiger partial charge in [0.1, 0.15) is 21.2 Å². The van der Waals surface area contributed by atoms with Gasteiger partial charge < -0.3 is 10.1 Å². The van der Waals surface area contributed by atoms with Crippen LogP contribution in [0.5, 0.6) is 11.5 Å². The maximum atomic E-state index is 13.9. The minimum Gasteiger partial charge on any atom is -0.457 e. The highest BCUT2D eigenvalue weighted by Gasteiger charge is 2.72. The molecule has 8 heteroatoms. The van der Waals surface area contributed by atoms with Crippen LogP contribution in [-0.4, -0.2) is 29.2 Å². The third-order valence-corrected chi connectivity index (χ3v) is 10.4. The molecule has 2 bridgehead atoms. The number of hydrogen-bond donors (Lipinski definition) is 1. The van der Waals surface area contributed by atoms with Gasteiger partial charge in [-0.3, -0.25) is 19.3 Å². The van der Waals surface area contributed by atoms with E-state index in [4.69, 9.17) is 27.9 Å². The Labute approximate surface area is 259 Å². The Balaban J connectivity index is 1.08. The fraction of sp³-hybridized carbons (Fsp3) is 0.229. The van der Waals surface area contributed by atoms with Crippen LogP contribution < -0.4 is 10.1 Å². The van der Waals surface area contributed by atoms with Crippen LogP contribution in [0.1, 0.15) is 39.8 Å². The first-order valence-electron chi connectivity index (χ1n) is 14.2. The number of halogens is 2. The third-order valence-electron chi connectivity index (χ3n) is 9.16. The fourth-order valence-corrected chi connectivity index (χ4v) is 8.05. The first kappa shape index (κ1) is 27.7. The van der Waals surface area contributed by atoms with Gasteiger partial charge >= 0.3 is 0 Å².